The molecule has 0 aromatic heterocycles. The van der Waals surface area contributed by atoms with E-state index >= 15 is 0 Å². The van der Waals surface area contributed by atoms with Crippen LogP contribution in [-0.4, -0.2) is 38.9 Å². The zero-order chi connectivity index (χ0) is 24.8. The molecule has 3 aromatic rings. The standard InChI is InChI=1S/C20H19O9PS3.3Na/c1-13-6-8-17(32(24,25)26)11-19(13)30(15-4-3-5-16(10-15)31(21,22)23)20-12-18(33(27,28)29)9-7-14(20)2;;;/h3-12H,1-2H3,(H,21,22,23)(H,24,25,26)(H,27,28,29);;;/q;3*+1/p-3. The van der Waals surface area contributed by atoms with Gasteiger partial charge in [0.2, 0.25) is 0 Å². The van der Waals surface area contributed by atoms with Crippen LogP contribution in [0.3, 0.4) is 0 Å². The van der Waals surface area contributed by atoms with Crippen LogP contribution in [0.4, 0.5) is 0 Å². The van der Waals surface area contributed by atoms with E-state index in [2.05, 4.69) is 0 Å². The Kier molecular flexibility index (Phi) is 14.3. The first-order valence-electron chi connectivity index (χ1n) is 9.08. The molecule has 0 amide bonds. The summed E-state index contributed by atoms with van der Waals surface area (Å²) in [5.41, 5.74) is 1.05. The maximum absolute atomic E-state index is 11.6. The number of hydrogen-bond acceptors (Lipinski definition) is 9. The molecular weight excluding hydrogens is 580 g/mol. The average molecular weight is 596 g/mol. The number of benzene rings is 3. The number of aryl methyl sites for hydroxylation is 2. The van der Waals surface area contributed by atoms with Gasteiger partial charge < -0.3 is 13.7 Å². The van der Waals surface area contributed by atoms with Crippen molar-refractivity contribution in [2.75, 3.05) is 0 Å². The van der Waals surface area contributed by atoms with Gasteiger partial charge in [0.1, 0.15) is 30.4 Å². The Morgan fingerprint density at radius 1 is 0.556 bits per heavy atom. The van der Waals surface area contributed by atoms with Gasteiger partial charge >= 0.3 is 88.7 Å². The van der Waals surface area contributed by atoms with Gasteiger partial charge in [-0.1, -0.05) is 24.3 Å². The second kappa shape index (κ2) is 13.9. The van der Waals surface area contributed by atoms with Gasteiger partial charge in [0.25, 0.3) is 0 Å². The van der Waals surface area contributed by atoms with E-state index in [-0.39, 0.29) is 94.0 Å². The van der Waals surface area contributed by atoms with Gasteiger partial charge in [0, 0.05) is 0 Å². The van der Waals surface area contributed by atoms with E-state index in [4.69, 9.17) is 0 Å². The third-order valence-corrected chi connectivity index (χ3v) is 10.0. The smallest absolute Gasteiger partial charge is 0.744 e. The predicted octanol–water partition coefficient (Wildman–Crippen LogP) is -8.21. The van der Waals surface area contributed by atoms with E-state index in [0.29, 0.717) is 21.7 Å². The van der Waals surface area contributed by atoms with Crippen LogP contribution in [-0.2, 0) is 30.4 Å². The van der Waals surface area contributed by atoms with E-state index in [1.807, 2.05) is 0 Å². The Balaban J connectivity index is 0.00000408. The second-order valence-corrected chi connectivity index (χ2v) is 13.4. The molecular formula is C20H16Na3O9PS3. The molecule has 0 aliphatic rings. The Morgan fingerprint density at radius 3 is 1.28 bits per heavy atom. The summed E-state index contributed by atoms with van der Waals surface area (Å²) in [6.45, 7) is 3.26. The van der Waals surface area contributed by atoms with E-state index in [0.717, 1.165) is 36.4 Å². The fraction of sp³-hybridized carbons (Fsp3) is 0.100. The van der Waals surface area contributed by atoms with E-state index in [9.17, 15) is 38.9 Å². The zero-order valence-electron chi connectivity index (χ0n) is 20.1. The van der Waals surface area contributed by atoms with Gasteiger partial charge in [-0.25, -0.2) is 25.3 Å². The first kappa shape index (κ1) is 36.8. The zero-order valence-corrected chi connectivity index (χ0v) is 29.5. The molecule has 0 aliphatic carbocycles. The Labute approximate surface area is 278 Å². The van der Waals surface area contributed by atoms with Crippen molar-refractivity contribution >= 4 is 54.2 Å². The van der Waals surface area contributed by atoms with Crippen LogP contribution in [0.15, 0.2) is 75.4 Å². The van der Waals surface area contributed by atoms with Gasteiger partial charge in [-0.3, -0.25) is 0 Å². The normalized spacial score (nSPS) is 11.7. The van der Waals surface area contributed by atoms with Gasteiger partial charge in [-0.15, -0.1) is 0 Å². The molecule has 3 aromatic carbocycles. The summed E-state index contributed by atoms with van der Waals surface area (Å²) in [7, 11) is -16.4. The monoisotopic (exact) mass is 596 g/mol. The summed E-state index contributed by atoms with van der Waals surface area (Å²) in [6, 6.07) is 12.3. The molecule has 0 fully saturated rings. The van der Waals surface area contributed by atoms with Crippen molar-refractivity contribution in [3.05, 3.63) is 71.8 Å². The molecule has 0 bridgehead atoms. The topological polar surface area (TPSA) is 172 Å². The summed E-state index contributed by atoms with van der Waals surface area (Å²) in [5, 5.41) is 0.894. The maximum Gasteiger partial charge on any atom is 1.00 e. The molecule has 16 heteroatoms. The fourth-order valence-electron chi connectivity index (χ4n) is 3.16. The first-order valence-corrected chi connectivity index (χ1v) is 14.6. The number of rotatable bonds is 6. The van der Waals surface area contributed by atoms with Gasteiger partial charge in [0.05, 0.1) is 14.7 Å². The average Bonchev–Trinajstić information content (AvgIpc) is 2.69. The SMILES string of the molecule is Cc1ccc(S(=O)(=O)[O-])cc1P(c1cccc(S(=O)(=O)[O-])c1)c1cc(S(=O)(=O)[O-])ccc1C.[Na+].[Na+].[Na+]. The van der Waals surface area contributed by atoms with Crippen LogP contribution < -0.4 is 105 Å². The van der Waals surface area contributed by atoms with Crippen molar-refractivity contribution in [2.45, 2.75) is 28.5 Å². The maximum atomic E-state index is 11.6. The van der Waals surface area contributed by atoms with Crippen molar-refractivity contribution < 1.29 is 128 Å². The van der Waals surface area contributed by atoms with Crippen molar-refractivity contribution in [1.29, 1.82) is 0 Å². The molecule has 0 radical (unpaired) electrons. The fourth-order valence-corrected chi connectivity index (χ4v) is 7.64. The minimum atomic E-state index is -4.84. The molecule has 0 N–H and O–H groups in total. The largest absolute Gasteiger partial charge is 1.00 e. The Hall–Kier alpha value is 0.820. The molecule has 0 saturated carbocycles. The van der Waals surface area contributed by atoms with Crippen molar-refractivity contribution in [1.82, 2.24) is 0 Å². The molecule has 0 aliphatic heterocycles. The van der Waals surface area contributed by atoms with Crippen LogP contribution in [0.2, 0.25) is 0 Å². The minimum absolute atomic E-state index is 0. The molecule has 9 nitrogen and oxygen atoms in total. The quantitative estimate of drug-likeness (QED) is 0.152. The molecule has 0 unspecified atom stereocenters. The summed E-state index contributed by atoms with van der Waals surface area (Å²) in [4.78, 5) is -1.61. The third-order valence-electron chi connectivity index (χ3n) is 4.78. The summed E-state index contributed by atoms with van der Waals surface area (Å²) < 4.78 is 105. The van der Waals surface area contributed by atoms with Crippen molar-refractivity contribution in [2.24, 2.45) is 0 Å². The summed E-state index contributed by atoms with van der Waals surface area (Å²) in [6.07, 6.45) is 0. The van der Waals surface area contributed by atoms with Crippen LogP contribution in [0.1, 0.15) is 11.1 Å². The van der Waals surface area contributed by atoms with Crippen LogP contribution in [0.25, 0.3) is 0 Å². The van der Waals surface area contributed by atoms with Gasteiger partial charge in [-0.2, -0.15) is 0 Å². The molecule has 36 heavy (non-hydrogen) atoms. The number of hydrogen-bond donors (Lipinski definition) is 0. The van der Waals surface area contributed by atoms with E-state index < -0.39 is 53.0 Å². The van der Waals surface area contributed by atoms with Crippen molar-refractivity contribution in [3.8, 4) is 0 Å². The molecule has 3 rings (SSSR count). The predicted molar refractivity (Wildman–Crippen MR) is 119 cm³/mol. The molecule has 176 valence electrons. The van der Waals surface area contributed by atoms with Crippen molar-refractivity contribution in [3.63, 3.8) is 0 Å². The van der Waals surface area contributed by atoms with Crippen LogP contribution >= 0.6 is 7.92 Å². The molecule has 0 spiro atoms. The van der Waals surface area contributed by atoms with Gasteiger partial charge in [0.15, 0.2) is 0 Å². The van der Waals surface area contributed by atoms with Crippen LogP contribution in [0, 0.1) is 13.8 Å². The van der Waals surface area contributed by atoms with E-state index in [1.165, 1.54) is 24.3 Å². The molecule has 0 atom stereocenters. The van der Waals surface area contributed by atoms with Crippen LogP contribution in [0.5, 0.6) is 0 Å². The molecule has 0 heterocycles. The van der Waals surface area contributed by atoms with Gasteiger partial charge in [-0.05, 0) is 85.2 Å². The van der Waals surface area contributed by atoms with E-state index in [1.54, 1.807) is 13.8 Å². The summed E-state index contributed by atoms with van der Waals surface area (Å²) in [5.74, 6) is 0. The first-order chi connectivity index (χ1) is 15.1. The Bertz CT molecular complexity index is 1500. The summed E-state index contributed by atoms with van der Waals surface area (Å²) >= 11 is 0. The third kappa shape index (κ3) is 8.92. The second-order valence-electron chi connectivity index (χ2n) is 7.09. The minimum Gasteiger partial charge on any atom is -0.744 e. The molecule has 0 saturated heterocycles. The Morgan fingerprint density at radius 2 is 0.917 bits per heavy atom.